The Bertz CT molecular complexity index is 1710. The van der Waals surface area contributed by atoms with Crippen LogP contribution in [-0.2, 0) is 30.0 Å². The number of H-pyrrole nitrogens is 1. The molecule has 0 amide bonds. The number of carbonyl (C=O) groups excluding carboxylic acids is 1. The Hall–Kier alpha value is -4.27. The lowest BCUT2D eigenvalue weighted by atomic mass is 10.00. The molecule has 2 heterocycles. The van der Waals surface area contributed by atoms with Crippen molar-refractivity contribution in [2.24, 2.45) is 5.11 Å². The van der Waals surface area contributed by atoms with E-state index in [2.05, 4.69) is 15.1 Å². The van der Waals surface area contributed by atoms with Crippen LogP contribution in [0.1, 0.15) is 37.5 Å². The molecule has 3 aromatic rings. The third-order valence-electron chi connectivity index (χ3n) is 7.56. The van der Waals surface area contributed by atoms with Gasteiger partial charge in [-0.1, -0.05) is 66.5 Å². The predicted molar refractivity (Wildman–Crippen MR) is 157 cm³/mol. The number of aliphatic hydroxyl groups excluding tert-OH is 2. The first kappa shape index (κ1) is 32.1. The number of para-hydroxylation sites is 1. The van der Waals surface area contributed by atoms with E-state index in [1.54, 1.807) is 42.5 Å². The number of azide groups is 1. The molecule has 2 aromatic carbocycles. The largest absolute Gasteiger partial charge is 0.459 e. The molecule has 1 saturated heterocycles. The molecular formula is C28H31N6O10P. The first-order valence-corrected chi connectivity index (χ1v) is 15.5. The Kier molecular flexibility index (Phi) is 9.56. The highest BCUT2D eigenvalue weighted by Gasteiger charge is 2.57. The van der Waals surface area contributed by atoms with Crippen LogP contribution in [-0.4, -0.2) is 55.8 Å². The van der Waals surface area contributed by atoms with Crippen LogP contribution in [0.4, 0.5) is 0 Å². The summed E-state index contributed by atoms with van der Waals surface area (Å²) < 4.78 is 38.1. The van der Waals surface area contributed by atoms with E-state index in [0.717, 1.165) is 22.4 Å². The van der Waals surface area contributed by atoms with Gasteiger partial charge in [-0.15, -0.1) is 0 Å². The Morgan fingerprint density at radius 1 is 1.11 bits per heavy atom. The molecule has 45 heavy (non-hydrogen) atoms. The van der Waals surface area contributed by atoms with Crippen LogP contribution < -0.4 is 20.9 Å². The van der Waals surface area contributed by atoms with E-state index in [4.69, 9.17) is 18.5 Å². The molecule has 238 valence electrons. The number of nitrogens with zero attached hydrogens (tertiary/aromatic N) is 4. The van der Waals surface area contributed by atoms with Gasteiger partial charge in [0.2, 0.25) is 5.72 Å². The molecule has 1 unspecified atom stereocenters. The average Bonchev–Trinajstić information content (AvgIpc) is 3.60. The van der Waals surface area contributed by atoms with Crippen molar-refractivity contribution >= 4 is 13.7 Å². The first-order chi connectivity index (χ1) is 21.6. The van der Waals surface area contributed by atoms with Crippen LogP contribution >= 0.6 is 7.75 Å². The van der Waals surface area contributed by atoms with E-state index in [1.165, 1.54) is 12.1 Å². The molecule has 1 aromatic heterocycles. The normalized spacial score (nSPS) is 25.2. The zero-order valence-corrected chi connectivity index (χ0v) is 24.7. The van der Waals surface area contributed by atoms with E-state index in [1.807, 2.05) is 11.1 Å². The number of hydrogen-bond donors (Lipinski definition) is 4. The maximum absolute atomic E-state index is 14.5. The third kappa shape index (κ3) is 7.02. The van der Waals surface area contributed by atoms with Crippen LogP contribution in [0.25, 0.3) is 10.4 Å². The van der Waals surface area contributed by atoms with Gasteiger partial charge in [0.25, 0.3) is 5.56 Å². The summed E-state index contributed by atoms with van der Waals surface area (Å²) in [4.78, 5) is 42.1. The van der Waals surface area contributed by atoms with Crippen molar-refractivity contribution in [1.82, 2.24) is 14.6 Å². The van der Waals surface area contributed by atoms with Crippen molar-refractivity contribution in [2.45, 2.75) is 62.0 Å². The van der Waals surface area contributed by atoms with Gasteiger partial charge < -0.3 is 24.2 Å². The Balaban J connectivity index is 1.43. The van der Waals surface area contributed by atoms with E-state index in [9.17, 15) is 34.7 Å². The van der Waals surface area contributed by atoms with Crippen molar-refractivity contribution in [3.63, 3.8) is 0 Å². The smallest absolute Gasteiger partial charge is 0.459 e. The van der Waals surface area contributed by atoms with Crippen LogP contribution in [0, 0.1) is 0 Å². The van der Waals surface area contributed by atoms with Crippen molar-refractivity contribution < 1.29 is 38.1 Å². The van der Waals surface area contributed by atoms with Crippen LogP contribution in [0.2, 0.25) is 0 Å². The number of ether oxygens (including phenoxy) is 2. The van der Waals surface area contributed by atoms with E-state index >= 15 is 0 Å². The van der Waals surface area contributed by atoms with Gasteiger partial charge in [0.15, 0.2) is 6.23 Å². The number of nitrogens with one attached hydrogen (secondary N) is 2. The van der Waals surface area contributed by atoms with E-state index < -0.39 is 61.3 Å². The third-order valence-corrected chi connectivity index (χ3v) is 9.19. The van der Waals surface area contributed by atoms with Crippen molar-refractivity contribution in [3.05, 3.63) is 110 Å². The molecule has 1 aliphatic carbocycles. The highest BCUT2D eigenvalue weighted by Crippen LogP contribution is 2.51. The SMILES string of the molecule is [N-]=[N+]=N[C@]1(COP(=O)(NC2(C(=O)OCc3ccccc3)CCCC2)Oc2ccccc2)O[C@@H](n2ccc(=O)[nH]c2=O)[C@H](O)[C@@H]1O. The zero-order valence-electron chi connectivity index (χ0n) is 23.8. The molecule has 1 aliphatic heterocycles. The van der Waals surface area contributed by atoms with E-state index in [-0.39, 0.29) is 25.2 Å². The number of esters is 1. The molecular weight excluding hydrogens is 611 g/mol. The van der Waals surface area contributed by atoms with Gasteiger partial charge >= 0.3 is 19.4 Å². The van der Waals surface area contributed by atoms with Crippen LogP contribution in [0.5, 0.6) is 5.75 Å². The fraction of sp³-hybridized carbons (Fsp3) is 0.393. The fourth-order valence-corrected chi connectivity index (χ4v) is 7.03. The van der Waals surface area contributed by atoms with E-state index in [0.29, 0.717) is 12.8 Å². The van der Waals surface area contributed by atoms with Crippen LogP contribution in [0.15, 0.2) is 87.6 Å². The predicted octanol–water partition coefficient (Wildman–Crippen LogP) is 2.64. The highest BCUT2D eigenvalue weighted by atomic mass is 31.2. The van der Waals surface area contributed by atoms with Crippen molar-refractivity contribution in [1.29, 1.82) is 0 Å². The molecule has 5 atom stereocenters. The number of benzene rings is 2. The Labute approximate surface area is 255 Å². The molecule has 17 heteroatoms. The summed E-state index contributed by atoms with van der Waals surface area (Å²) in [5, 5.41) is 28.0. The lowest BCUT2D eigenvalue weighted by molar-refractivity contribution is -0.152. The molecule has 2 fully saturated rings. The maximum atomic E-state index is 14.5. The minimum atomic E-state index is -4.60. The molecule has 4 N–H and O–H groups in total. The Morgan fingerprint density at radius 3 is 2.42 bits per heavy atom. The topological polar surface area (TPSA) is 227 Å². The van der Waals surface area contributed by atoms with Gasteiger partial charge in [-0.3, -0.25) is 23.7 Å². The highest BCUT2D eigenvalue weighted by molar-refractivity contribution is 7.52. The second kappa shape index (κ2) is 13.4. The summed E-state index contributed by atoms with van der Waals surface area (Å²) >= 11 is 0. The zero-order chi connectivity index (χ0) is 32.1. The minimum absolute atomic E-state index is 0.0305. The van der Waals surface area contributed by atoms with Gasteiger partial charge in [-0.2, -0.15) is 5.09 Å². The lowest BCUT2D eigenvalue weighted by Gasteiger charge is -2.34. The monoisotopic (exact) mass is 642 g/mol. The van der Waals surface area contributed by atoms with Crippen LogP contribution in [0.3, 0.4) is 0 Å². The van der Waals surface area contributed by atoms with Gasteiger partial charge in [0.05, 0.1) is 6.61 Å². The summed E-state index contributed by atoms with van der Waals surface area (Å²) in [5.74, 6) is -0.582. The van der Waals surface area contributed by atoms with Crippen molar-refractivity contribution in [2.75, 3.05) is 6.61 Å². The molecule has 1 saturated carbocycles. The number of aromatic nitrogens is 2. The summed E-state index contributed by atoms with van der Waals surface area (Å²) in [6.07, 6.45) is -2.81. The van der Waals surface area contributed by atoms with Gasteiger partial charge in [-0.25, -0.2) is 9.36 Å². The molecule has 5 rings (SSSR count). The summed E-state index contributed by atoms with van der Waals surface area (Å²) in [5.41, 5.74) is 4.48. The molecule has 16 nitrogen and oxygen atoms in total. The average molecular weight is 643 g/mol. The minimum Gasteiger partial charge on any atom is -0.459 e. The second-order valence-corrected chi connectivity index (χ2v) is 12.3. The van der Waals surface area contributed by atoms with Gasteiger partial charge in [0, 0.05) is 17.2 Å². The summed E-state index contributed by atoms with van der Waals surface area (Å²) in [7, 11) is -4.60. The van der Waals surface area contributed by atoms with Gasteiger partial charge in [0.1, 0.15) is 30.1 Å². The molecule has 0 radical (unpaired) electrons. The fourth-order valence-electron chi connectivity index (χ4n) is 5.27. The number of aromatic amines is 1. The molecule has 0 spiro atoms. The number of hydrogen-bond acceptors (Lipinski definition) is 11. The Morgan fingerprint density at radius 2 is 1.78 bits per heavy atom. The quantitative estimate of drug-likeness (QED) is 0.0738. The second-order valence-electron chi connectivity index (χ2n) is 10.6. The molecule has 2 aliphatic rings. The lowest BCUT2D eigenvalue weighted by Crippen LogP contribution is -2.51. The first-order valence-electron chi connectivity index (χ1n) is 14.0. The van der Waals surface area contributed by atoms with Crippen molar-refractivity contribution in [3.8, 4) is 5.75 Å². The standard InChI is InChI=1S/C28H31N6O10P/c29-33-31-28(23(37)22(36)24(43-28)34-16-13-21(35)30-26(34)39)18-42-45(40,44-20-11-5-2-6-12-20)32-27(14-7-8-15-27)25(38)41-17-19-9-3-1-4-10-19/h1-6,9-13,16,22-24,36-37H,7-8,14-15,17-18H2,(H,32,40)(H,30,35,39)/t22-,23+,24-,28-,45?/m1/s1. The van der Waals surface area contributed by atoms with Gasteiger partial charge in [-0.05, 0) is 36.1 Å². The molecule has 0 bridgehead atoms. The number of rotatable bonds is 12. The number of carbonyl (C=O) groups is 1. The maximum Gasteiger partial charge on any atom is 0.459 e. The summed E-state index contributed by atoms with van der Waals surface area (Å²) in [6, 6.07) is 17.9. The number of aliphatic hydroxyl groups is 2. The summed E-state index contributed by atoms with van der Waals surface area (Å²) in [6.45, 7) is -0.993.